The minimum atomic E-state index is -0.367. The van der Waals surface area contributed by atoms with Crippen LogP contribution in [0.3, 0.4) is 0 Å². The minimum Gasteiger partial charge on any atom is -0.496 e. The predicted molar refractivity (Wildman–Crippen MR) is 127 cm³/mol. The molecule has 0 unspecified atom stereocenters. The Labute approximate surface area is 189 Å². The molecule has 0 radical (unpaired) electrons. The van der Waals surface area contributed by atoms with Gasteiger partial charge in [0.05, 0.1) is 30.0 Å². The number of fused-ring (bicyclic) bond motifs is 1. The first-order chi connectivity index (χ1) is 15.1. The zero-order valence-electron chi connectivity index (χ0n) is 17.4. The van der Waals surface area contributed by atoms with Crippen molar-refractivity contribution in [2.75, 3.05) is 20.3 Å². The van der Waals surface area contributed by atoms with E-state index >= 15 is 0 Å². The number of hydrogen-bond acceptors (Lipinski definition) is 5. The van der Waals surface area contributed by atoms with Gasteiger partial charge < -0.3 is 14.2 Å². The molecular weight excluding hydrogens is 460 g/mol. The highest BCUT2D eigenvalue weighted by molar-refractivity contribution is 9.10. The van der Waals surface area contributed by atoms with Crippen LogP contribution in [-0.4, -0.2) is 32.4 Å². The number of hydrazone groups is 1. The number of methoxy groups -OCH3 is 1. The van der Waals surface area contributed by atoms with Gasteiger partial charge in [0.1, 0.15) is 12.4 Å². The van der Waals surface area contributed by atoms with E-state index in [2.05, 4.69) is 33.0 Å². The molecule has 6 nitrogen and oxygen atoms in total. The van der Waals surface area contributed by atoms with E-state index in [1.54, 1.807) is 18.2 Å². The Morgan fingerprint density at radius 2 is 1.87 bits per heavy atom. The van der Waals surface area contributed by atoms with Gasteiger partial charge in [0.15, 0.2) is 11.5 Å². The van der Waals surface area contributed by atoms with Crippen molar-refractivity contribution in [3.63, 3.8) is 0 Å². The fourth-order valence-electron chi connectivity index (χ4n) is 3.00. The Kier molecular flexibility index (Phi) is 7.67. The molecule has 0 fully saturated rings. The number of amides is 1. The molecular formula is C24H23BrN2O4. The van der Waals surface area contributed by atoms with Crippen molar-refractivity contribution in [2.45, 2.75) is 6.92 Å². The lowest BCUT2D eigenvalue weighted by molar-refractivity contribution is 0.0952. The third-order valence-corrected chi connectivity index (χ3v) is 4.96. The lowest BCUT2D eigenvalue weighted by Gasteiger charge is -2.13. The van der Waals surface area contributed by atoms with Crippen molar-refractivity contribution in [3.05, 3.63) is 76.8 Å². The van der Waals surface area contributed by atoms with E-state index in [1.165, 1.54) is 13.3 Å². The second-order valence-corrected chi connectivity index (χ2v) is 7.32. The zero-order valence-corrected chi connectivity index (χ0v) is 18.9. The van der Waals surface area contributed by atoms with Crippen molar-refractivity contribution in [1.29, 1.82) is 0 Å². The summed E-state index contributed by atoms with van der Waals surface area (Å²) < 4.78 is 17.4. The van der Waals surface area contributed by atoms with Gasteiger partial charge in [-0.3, -0.25) is 4.79 Å². The van der Waals surface area contributed by atoms with Crippen LogP contribution in [0.4, 0.5) is 0 Å². The molecule has 0 saturated carbocycles. The summed E-state index contributed by atoms with van der Waals surface area (Å²) in [5.74, 6) is 1.27. The van der Waals surface area contributed by atoms with Gasteiger partial charge in [-0.2, -0.15) is 5.10 Å². The fraction of sp³-hybridized carbons (Fsp3) is 0.167. The number of ether oxygens (including phenoxy) is 3. The maximum absolute atomic E-state index is 12.7. The van der Waals surface area contributed by atoms with E-state index in [0.717, 1.165) is 16.3 Å². The van der Waals surface area contributed by atoms with Crippen LogP contribution in [0.5, 0.6) is 17.2 Å². The fourth-order valence-corrected chi connectivity index (χ4v) is 3.57. The summed E-state index contributed by atoms with van der Waals surface area (Å²) in [7, 11) is 1.53. The van der Waals surface area contributed by atoms with Crippen molar-refractivity contribution in [2.24, 2.45) is 5.10 Å². The van der Waals surface area contributed by atoms with Crippen LogP contribution in [0.25, 0.3) is 10.8 Å². The molecule has 7 heteroatoms. The Morgan fingerprint density at radius 3 is 2.55 bits per heavy atom. The number of benzene rings is 3. The first kappa shape index (κ1) is 22.4. The Morgan fingerprint density at radius 1 is 1.13 bits per heavy atom. The molecule has 0 heterocycles. The predicted octanol–water partition coefficient (Wildman–Crippen LogP) is 5.34. The second kappa shape index (κ2) is 10.6. The quantitative estimate of drug-likeness (QED) is 0.254. The molecule has 1 amide bonds. The molecule has 3 aromatic rings. The summed E-state index contributed by atoms with van der Waals surface area (Å²) >= 11 is 3.49. The molecule has 3 rings (SSSR count). The smallest absolute Gasteiger partial charge is 0.275 e. The van der Waals surface area contributed by atoms with E-state index in [1.807, 2.05) is 43.3 Å². The van der Waals surface area contributed by atoms with Crippen LogP contribution in [0, 0.1) is 0 Å². The Bertz CT molecular complexity index is 1130. The lowest BCUT2D eigenvalue weighted by atomic mass is 10.1. The summed E-state index contributed by atoms with van der Waals surface area (Å²) in [6, 6.07) is 15.0. The number of nitrogens with one attached hydrogen (secondary N) is 1. The van der Waals surface area contributed by atoms with Crippen LogP contribution in [0.2, 0.25) is 0 Å². The van der Waals surface area contributed by atoms with Crippen molar-refractivity contribution in [3.8, 4) is 17.2 Å². The van der Waals surface area contributed by atoms with Crippen LogP contribution in [-0.2, 0) is 0 Å². The van der Waals surface area contributed by atoms with Gasteiger partial charge in [-0.05, 0) is 63.5 Å². The van der Waals surface area contributed by atoms with E-state index in [-0.39, 0.29) is 5.91 Å². The monoisotopic (exact) mass is 482 g/mol. The minimum absolute atomic E-state index is 0.357. The van der Waals surface area contributed by atoms with Crippen molar-refractivity contribution in [1.82, 2.24) is 5.43 Å². The number of carbonyl (C=O) groups excluding carboxylic acids is 1. The summed E-state index contributed by atoms with van der Waals surface area (Å²) in [6.45, 7) is 6.39. The van der Waals surface area contributed by atoms with Gasteiger partial charge in [0.25, 0.3) is 5.91 Å². The number of nitrogens with zero attached hydrogens (tertiary/aromatic N) is 1. The van der Waals surface area contributed by atoms with Gasteiger partial charge in [-0.1, -0.05) is 36.9 Å². The van der Waals surface area contributed by atoms with Crippen LogP contribution in [0.1, 0.15) is 22.8 Å². The number of rotatable bonds is 9. The highest BCUT2D eigenvalue weighted by Gasteiger charge is 2.14. The molecule has 0 bridgehead atoms. The van der Waals surface area contributed by atoms with E-state index in [9.17, 15) is 4.79 Å². The van der Waals surface area contributed by atoms with Crippen LogP contribution >= 0.6 is 15.9 Å². The number of carbonyl (C=O) groups is 1. The third-order valence-electron chi connectivity index (χ3n) is 4.37. The molecule has 0 aliphatic rings. The average molecular weight is 483 g/mol. The number of hydrogen-bond donors (Lipinski definition) is 1. The summed E-state index contributed by atoms with van der Waals surface area (Å²) in [6.07, 6.45) is 3.20. The molecule has 1 N–H and O–H groups in total. The molecule has 3 aromatic carbocycles. The topological polar surface area (TPSA) is 69.2 Å². The molecule has 0 aromatic heterocycles. The molecule has 0 aliphatic heterocycles. The normalized spacial score (nSPS) is 10.8. The zero-order chi connectivity index (χ0) is 22.2. The first-order valence-corrected chi connectivity index (χ1v) is 10.5. The molecule has 31 heavy (non-hydrogen) atoms. The van der Waals surface area contributed by atoms with Gasteiger partial charge in [-0.15, -0.1) is 0 Å². The van der Waals surface area contributed by atoms with E-state index < -0.39 is 0 Å². The molecule has 0 aliphatic carbocycles. The maximum Gasteiger partial charge on any atom is 0.275 e. The van der Waals surface area contributed by atoms with Crippen LogP contribution in [0.15, 0.2) is 70.8 Å². The Hall–Kier alpha value is -3.32. The average Bonchev–Trinajstić information content (AvgIpc) is 2.77. The second-order valence-electron chi connectivity index (χ2n) is 6.46. The molecule has 0 saturated heterocycles. The van der Waals surface area contributed by atoms with Crippen LogP contribution < -0.4 is 19.6 Å². The SMILES string of the molecule is C=CCOc1c(Br)cc(/C=N\NC(=O)c2cc3ccccc3cc2OC)cc1OCC. The standard InChI is InChI=1S/C24H23BrN2O4/c1-4-10-31-23-20(25)11-16(12-22(23)30-5-2)15-26-27-24(28)19-13-17-8-6-7-9-18(17)14-21(19)29-3/h4,6-9,11-15H,1,5,10H2,2-3H3,(H,27,28)/b26-15-. The summed E-state index contributed by atoms with van der Waals surface area (Å²) in [5.41, 5.74) is 3.69. The summed E-state index contributed by atoms with van der Waals surface area (Å²) in [5, 5.41) is 6.03. The van der Waals surface area contributed by atoms with Crippen molar-refractivity contribution < 1.29 is 19.0 Å². The van der Waals surface area contributed by atoms with Gasteiger partial charge in [0.2, 0.25) is 0 Å². The number of halogens is 1. The highest BCUT2D eigenvalue weighted by Crippen LogP contribution is 2.36. The Balaban J connectivity index is 1.80. The van der Waals surface area contributed by atoms with Gasteiger partial charge >= 0.3 is 0 Å². The van der Waals surface area contributed by atoms with E-state index in [0.29, 0.717) is 40.5 Å². The van der Waals surface area contributed by atoms with Crippen molar-refractivity contribution >= 4 is 38.8 Å². The highest BCUT2D eigenvalue weighted by atomic mass is 79.9. The maximum atomic E-state index is 12.7. The molecule has 160 valence electrons. The van der Waals surface area contributed by atoms with Gasteiger partial charge in [0, 0.05) is 0 Å². The first-order valence-electron chi connectivity index (χ1n) is 9.67. The van der Waals surface area contributed by atoms with E-state index in [4.69, 9.17) is 14.2 Å². The molecule has 0 spiro atoms. The molecule has 0 atom stereocenters. The lowest BCUT2D eigenvalue weighted by Crippen LogP contribution is -2.18. The third kappa shape index (κ3) is 5.44. The largest absolute Gasteiger partial charge is 0.496 e. The van der Waals surface area contributed by atoms with Gasteiger partial charge in [-0.25, -0.2) is 5.43 Å². The summed E-state index contributed by atoms with van der Waals surface area (Å²) in [4.78, 5) is 12.7.